The summed E-state index contributed by atoms with van der Waals surface area (Å²) in [6.45, 7) is 6.38. The Morgan fingerprint density at radius 1 is 1.60 bits per heavy atom. The Labute approximate surface area is 90.2 Å². The van der Waals surface area contributed by atoms with Crippen LogP contribution in [0, 0.1) is 0 Å². The Hall–Kier alpha value is -0.810. The molecule has 1 saturated heterocycles. The number of aliphatic hydroxyl groups is 1. The summed E-state index contributed by atoms with van der Waals surface area (Å²) in [7, 11) is 0. The van der Waals surface area contributed by atoms with E-state index in [9.17, 15) is 9.90 Å². The molecule has 3 N–H and O–H groups in total. The lowest BCUT2D eigenvalue weighted by atomic mass is 10.0. The molecule has 0 unspecified atom stereocenters. The van der Waals surface area contributed by atoms with Gasteiger partial charge in [-0.3, -0.25) is 0 Å². The first kappa shape index (κ1) is 12.3. The van der Waals surface area contributed by atoms with Crippen LogP contribution in [0.3, 0.4) is 0 Å². The van der Waals surface area contributed by atoms with Crippen molar-refractivity contribution in [1.29, 1.82) is 0 Å². The Morgan fingerprint density at radius 2 is 2.20 bits per heavy atom. The lowest BCUT2D eigenvalue weighted by Gasteiger charge is -2.25. The van der Waals surface area contributed by atoms with Gasteiger partial charge in [-0.05, 0) is 27.2 Å². The number of carbonyl (C=O) groups is 1. The number of carbonyl (C=O) groups excluding carboxylic acids is 1. The number of rotatable bonds is 1. The minimum absolute atomic E-state index is 0.173. The molecule has 0 aromatic carbocycles. The van der Waals surface area contributed by atoms with Gasteiger partial charge in [0, 0.05) is 13.1 Å². The summed E-state index contributed by atoms with van der Waals surface area (Å²) in [6, 6.07) is 0. The number of nitrogens with zero attached hydrogens (tertiary/aromatic N) is 1. The molecule has 0 radical (unpaired) electrons. The topological polar surface area (TPSA) is 75.8 Å². The lowest BCUT2D eigenvalue weighted by Crippen LogP contribution is -2.43. The Morgan fingerprint density at radius 3 is 2.60 bits per heavy atom. The van der Waals surface area contributed by atoms with Crippen LogP contribution in [0.15, 0.2) is 0 Å². The summed E-state index contributed by atoms with van der Waals surface area (Å²) >= 11 is 0. The fourth-order valence-corrected chi connectivity index (χ4v) is 1.51. The van der Waals surface area contributed by atoms with Gasteiger partial charge >= 0.3 is 6.09 Å². The minimum atomic E-state index is -0.934. The van der Waals surface area contributed by atoms with E-state index in [2.05, 4.69) is 0 Å². The molecule has 1 atom stereocenters. The average molecular weight is 216 g/mol. The number of amides is 1. The molecule has 0 saturated carbocycles. The standard InChI is InChI=1S/C10H20N2O3/c1-9(2,3)15-8(13)12-5-4-10(14,6-11)7-12/h14H,4-7,11H2,1-3H3/t10-/m0/s1. The van der Waals surface area contributed by atoms with Crippen LogP contribution >= 0.6 is 0 Å². The fourth-order valence-electron chi connectivity index (χ4n) is 1.51. The van der Waals surface area contributed by atoms with Gasteiger partial charge in [-0.15, -0.1) is 0 Å². The molecule has 1 rings (SSSR count). The van der Waals surface area contributed by atoms with Crippen molar-refractivity contribution >= 4 is 6.09 Å². The molecule has 5 heteroatoms. The van der Waals surface area contributed by atoms with Gasteiger partial charge in [0.2, 0.25) is 0 Å². The molecule has 5 nitrogen and oxygen atoms in total. The molecule has 88 valence electrons. The molecular weight excluding hydrogens is 196 g/mol. The molecule has 0 aromatic rings. The minimum Gasteiger partial charge on any atom is -0.444 e. The third-order valence-electron chi connectivity index (χ3n) is 2.36. The maximum Gasteiger partial charge on any atom is 0.410 e. The maximum atomic E-state index is 11.6. The molecule has 1 fully saturated rings. The first-order chi connectivity index (χ1) is 6.76. The van der Waals surface area contributed by atoms with Crippen molar-refractivity contribution in [3.05, 3.63) is 0 Å². The van der Waals surface area contributed by atoms with Crippen molar-refractivity contribution in [2.75, 3.05) is 19.6 Å². The molecule has 15 heavy (non-hydrogen) atoms. The number of ether oxygens (including phenoxy) is 1. The highest BCUT2D eigenvalue weighted by molar-refractivity contribution is 5.68. The summed E-state index contributed by atoms with van der Waals surface area (Å²) in [5.41, 5.74) is 4.00. The summed E-state index contributed by atoms with van der Waals surface area (Å²) in [5.74, 6) is 0. The van der Waals surface area contributed by atoms with E-state index in [1.54, 1.807) is 0 Å². The van der Waals surface area contributed by atoms with E-state index in [1.165, 1.54) is 4.90 Å². The van der Waals surface area contributed by atoms with Gasteiger partial charge in [0.25, 0.3) is 0 Å². The highest BCUT2D eigenvalue weighted by Crippen LogP contribution is 2.22. The molecule has 1 heterocycles. The third kappa shape index (κ3) is 3.35. The Bertz CT molecular complexity index is 250. The SMILES string of the molecule is CC(C)(C)OC(=O)N1CC[C@](O)(CN)C1. The third-order valence-corrected chi connectivity index (χ3v) is 2.36. The van der Waals surface area contributed by atoms with Gasteiger partial charge in [0.1, 0.15) is 5.60 Å². The molecule has 1 amide bonds. The molecule has 0 bridgehead atoms. The van der Waals surface area contributed by atoms with Crippen LogP contribution in [-0.2, 0) is 4.74 Å². The van der Waals surface area contributed by atoms with Crippen LogP contribution in [0.5, 0.6) is 0 Å². The zero-order chi connectivity index (χ0) is 11.7. The highest BCUT2D eigenvalue weighted by atomic mass is 16.6. The molecule has 0 aromatic heterocycles. The first-order valence-corrected chi connectivity index (χ1v) is 5.16. The smallest absolute Gasteiger partial charge is 0.410 e. The second-order valence-corrected chi connectivity index (χ2v) is 5.08. The zero-order valence-electron chi connectivity index (χ0n) is 9.62. The Kier molecular flexibility index (Phi) is 3.25. The summed E-state index contributed by atoms with van der Waals surface area (Å²) < 4.78 is 5.19. The predicted octanol–water partition coefficient (Wildman–Crippen LogP) is 0.317. The van der Waals surface area contributed by atoms with Crippen LogP contribution in [0.4, 0.5) is 4.79 Å². The van der Waals surface area contributed by atoms with Crippen molar-refractivity contribution in [1.82, 2.24) is 4.90 Å². The van der Waals surface area contributed by atoms with Gasteiger partial charge < -0.3 is 20.5 Å². The molecule has 1 aliphatic heterocycles. The van der Waals surface area contributed by atoms with Gasteiger partial charge in [0.15, 0.2) is 0 Å². The van der Waals surface area contributed by atoms with E-state index < -0.39 is 11.2 Å². The highest BCUT2D eigenvalue weighted by Gasteiger charge is 2.38. The second kappa shape index (κ2) is 3.98. The zero-order valence-corrected chi connectivity index (χ0v) is 9.62. The maximum absolute atomic E-state index is 11.6. The fraction of sp³-hybridized carbons (Fsp3) is 0.900. The van der Waals surface area contributed by atoms with Gasteiger partial charge in [-0.1, -0.05) is 0 Å². The van der Waals surface area contributed by atoms with E-state index in [0.717, 1.165) is 0 Å². The van der Waals surface area contributed by atoms with Crippen LogP contribution in [0.1, 0.15) is 27.2 Å². The van der Waals surface area contributed by atoms with Crippen molar-refractivity contribution in [2.24, 2.45) is 5.73 Å². The molecular formula is C10H20N2O3. The number of likely N-dealkylation sites (tertiary alicyclic amines) is 1. The van der Waals surface area contributed by atoms with E-state index in [0.29, 0.717) is 13.0 Å². The van der Waals surface area contributed by atoms with E-state index in [1.807, 2.05) is 20.8 Å². The number of hydrogen-bond acceptors (Lipinski definition) is 4. The van der Waals surface area contributed by atoms with Gasteiger partial charge in [0.05, 0.1) is 12.1 Å². The largest absolute Gasteiger partial charge is 0.444 e. The van der Waals surface area contributed by atoms with Gasteiger partial charge in [-0.2, -0.15) is 0 Å². The van der Waals surface area contributed by atoms with Crippen LogP contribution in [-0.4, -0.2) is 46.9 Å². The van der Waals surface area contributed by atoms with Gasteiger partial charge in [-0.25, -0.2) is 4.79 Å². The quantitative estimate of drug-likeness (QED) is 0.661. The molecule has 1 aliphatic rings. The van der Waals surface area contributed by atoms with Crippen LogP contribution in [0.25, 0.3) is 0 Å². The first-order valence-electron chi connectivity index (χ1n) is 5.16. The lowest BCUT2D eigenvalue weighted by molar-refractivity contribution is 0.0175. The normalized spacial score (nSPS) is 26.9. The Balaban J connectivity index is 2.51. The van der Waals surface area contributed by atoms with Crippen LogP contribution in [0.2, 0.25) is 0 Å². The molecule has 0 aliphatic carbocycles. The summed E-state index contributed by atoms with van der Waals surface area (Å²) in [6.07, 6.45) is 0.134. The monoisotopic (exact) mass is 216 g/mol. The van der Waals surface area contributed by atoms with E-state index in [-0.39, 0.29) is 19.2 Å². The number of nitrogens with two attached hydrogens (primary N) is 1. The number of hydrogen-bond donors (Lipinski definition) is 2. The van der Waals surface area contributed by atoms with E-state index >= 15 is 0 Å². The van der Waals surface area contributed by atoms with Crippen molar-refractivity contribution in [3.8, 4) is 0 Å². The van der Waals surface area contributed by atoms with Crippen molar-refractivity contribution in [2.45, 2.75) is 38.4 Å². The second-order valence-electron chi connectivity index (χ2n) is 5.08. The van der Waals surface area contributed by atoms with Crippen molar-refractivity contribution in [3.63, 3.8) is 0 Å². The molecule has 0 spiro atoms. The summed E-state index contributed by atoms with van der Waals surface area (Å²) in [5, 5.41) is 9.84. The average Bonchev–Trinajstić information content (AvgIpc) is 2.46. The van der Waals surface area contributed by atoms with Crippen molar-refractivity contribution < 1.29 is 14.6 Å². The predicted molar refractivity (Wildman–Crippen MR) is 56.4 cm³/mol. The van der Waals surface area contributed by atoms with Crippen LogP contribution < -0.4 is 5.73 Å². The number of β-amino-alcohol motifs (C(OH)–C–C–N with tert-alkyl or cyclic N) is 1. The van der Waals surface area contributed by atoms with E-state index in [4.69, 9.17) is 10.5 Å². The summed E-state index contributed by atoms with van der Waals surface area (Å²) in [4.78, 5) is 13.1.